The van der Waals surface area contributed by atoms with Gasteiger partial charge >= 0.3 is 0 Å². The predicted molar refractivity (Wildman–Crippen MR) is 66.0 cm³/mol. The van der Waals surface area contributed by atoms with E-state index in [-0.39, 0.29) is 0 Å². The number of imidazole rings is 1. The Hall–Kier alpha value is -1.39. The van der Waals surface area contributed by atoms with Gasteiger partial charge in [0.1, 0.15) is 0 Å². The van der Waals surface area contributed by atoms with Gasteiger partial charge in [-0.15, -0.1) is 0 Å². The molecule has 3 aromatic rings. The van der Waals surface area contributed by atoms with Gasteiger partial charge in [0.2, 0.25) is 0 Å². The average molecular weight is 232 g/mol. The normalized spacial score (nSPS) is 11.6. The highest BCUT2D eigenvalue weighted by Gasteiger charge is 2.07. The van der Waals surface area contributed by atoms with Crippen molar-refractivity contribution in [3.8, 4) is 0 Å². The molecule has 82 valence electrons. The van der Waals surface area contributed by atoms with E-state index >= 15 is 0 Å². The van der Waals surface area contributed by atoms with E-state index in [0.717, 1.165) is 10.7 Å². The van der Waals surface area contributed by atoms with Gasteiger partial charge in [0, 0.05) is 13.3 Å². The monoisotopic (exact) mass is 232 g/mol. The molecule has 0 atom stereocenters. The number of aromatic nitrogens is 2. The summed E-state index contributed by atoms with van der Waals surface area (Å²) in [4.78, 5) is 5.53. The van der Waals surface area contributed by atoms with Crippen LogP contribution in [-0.2, 0) is 11.3 Å². The second-order valence-electron chi connectivity index (χ2n) is 3.87. The van der Waals surface area contributed by atoms with E-state index in [1.807, 2.05) is 6.92 Å². The summed E-state index contributed by atoms with van der Waals surface area (Å²) in [7, 11) is 1.72. The molecule has 0 unspecified atom stereocenters. The van der Waals surface area contributed by atoms with Crippen LogP contribution in [-0.4, -0.2) is 16.5 Å². The van der Waals surface area contributed by atoms with E-state index in [1.165, 1.54) is 15.8 Å². The predicted octanol–water partition coefficient (Wildman–Crippen LogP) is 3.00. The van der Waals surface area contributed by atoms with Crippen molar-refractivity contribution in [3.63, 3.8) is 0 Å². The molecule has 0 aliphatic carbocycles. The van der Waals surface area contributed by atoms with Crippen molar-refractivity contribution in [3.05, 3.63) is 35.7 Å². The van der Waals surface area contributed by atoms with Crippen molar-refractivity contribution >= 4 is 26.5 Å². The van der Waals surface area contributed by atoms with Crippen molar-refractivity contribution in [2.75, 3.05) is 7.11 Å². The maximum atomic E-state index is 5.13. The van der Waals surface area contributed by atoms with Crippen LogP contribution in [0, 0.1) is 6.92 Å². The molecule has 0 spiro atoms. The average Bonchev–Trinajstić information content (AvgIpc) is 2.73. The first-order chi connectivity index (χ1) is 7.78. The standard InChI is InChI=1S/C12H12N2OS/c1-8-6-14-10-4-3-9(7-15-2)5-11(10)16-12(14)13-8/h3-6H,7H2,1-2H3. The van der Waals surface area contributed by atoms with Gasteiger partial charge in [-0.1, -0.05) is 17.4 Å². The fourth-order valence-corrected chi connectivity index (χ4v) is 3.03. The molecule has 0 N–H and O–H groups in total. The molecule has 3 nitrogen and oxygen atoms in total. The van der Waals surface area contributed by atoms with E-state index in [1.54, 1.807) is 18.4 Å². The summed E-state index contributed by atoms with van der Waals surface area (Å²) in [5, 5.41) is 0. The van der Waals surface area contributed by atoms with Gasteiger partial charge in [0.05, 0.1) is 22.5 Å². The SMILES string of the molecule is COCc1ccc2c(c1)sc1nc(C)cn12. The van der Waals surface area contributed by atoms with Gasteiger partial charge < -0.3 is 4.74 Å². The Morgan fingerprint density at radius 1 is 1.44 bits per heavy atom. The number of ether oxygens (including phenoxy) is 1. The maximum absolute atomic E-state index is 5.13. The highest BCUT2D eigenvalue weighted by molar-refractivity contribution is 7.23. The third kappa shape index (κ3) is 1.42. The summed E-state index contributed by atoms with van der Waals surface area (Å²) in [6.07, 6.45) is 2.07. The quantitative estimate of drug-likeness (QED) is 0.679. The molecule has 0 saturated carbocycles. The smallest absolute Gasteiger partial charge is 0.194 e. The molecule has 0 amide bonds. The number of thiazole rings is 1. The van der Waals surface area contributed by atoms with Crippen molar-refractivity contribution in [2.24, 2.45) is 0 Å². The Labute approximate surface area is 97.3 Å². The highest BCUT2D eigenvalue weighted by Crippen LogP contribution is 2.27. The summed E-state index contributed by atoms with van der Waals surface area (Å²) in [5.41, 5.74) is 3.49. The second-order valence-corrected chi connectivity index (χ2v) is 4.88. The van der Waals surface area contributed by atoms with Crippen molar-refractivity contribution < 1.29 is 4.74 Å². The van der Waals surface area contributed by atoms with Gasteiger partial charge in [-0.05, 0) is 24.6 Å². The summed E-state index contributed by atoms with van der Waals surface area (Å²) >= 11 is 1.72. The largest absolute Gasteiger partial charge is 0.380 e. The van der Waals surface area contributed by atoms with Crippen molar-refractivity contribution in [2.45, 2.75) is 13.5 Å². The second kappa shape index (κ2) is 3.57. The van der Waals surface area contributed by atoms with Crippen LogP contribution in [0.5, 0.6) is 0 Å². The molecule has 1 aromatic carbocycles. The number of methoxy groups -OCH3 is 1. The first-order valence-electron chi connectivity index (χ1n) is 5.14. The molecule has 16 heavy (non-hydrogen) atoms. The van der Waals surface area contributed by atoms with Crippen LogP contribution >= 0.6 is 11.3 Å². The van der Waals surface area contributed by atoms with Gasteiger partial charge in [-0.3, -0.25) is 4.40 Å². The Balaban J connectivity index is 2.25. The summed E-state index contributed by atoms with van der Waals surface area (Å²) in [5.74, 6) is 0. The molecule has 0 radical (unpaired) electrons. The van der Waals surface area contributed by atoms with Gasteiger partial charge in [0.25, 0.3) is 0 Å². The fraction of sp³-hybridized carbons (Fsp3) is 0.250. The molecule has 2 heterocycles. The topological polar surface area (TPSA) is 26.5 Å². The van der Waals surface area contributed by atoms with Crippen LogP contribution in [0.4, 0.5) is 0 Å². The zero-order valence-electron chi connectivity index (χ0n) is 9.23. The number of hydrogen-bond acceptors (Lipinski definition) is 3. The van der Waals surface area contributed by atoms with E-state index in [4.69, 9.17) is 4.74 Å². The summed E-state index contributed by atoms with van der Waals surface area (Å²) in [6, 6.07) is 6.41. The number of nitrogens with zero attached hydrogens (tertiary/aromatic N) is 2. The van der Waals surface area contributed by atoms with Crippen molar-refractivity contribution in [1.82, 2.24) is 9.38 Å². The lowest BCUT2D eigenvalue weighted by molar-refractivity contribution is 0.185. The van der Waals surface area contributed by atoms with Gasteiger partial charge in [-0.2, -0.15) is 0 Å². The van der Waals surface area contributed by atoms with Crippen LogP contribution in [0.3, 0.4) is 0 Å². The zero-order chi connectivity index (χ0) is 11.1. The minimum absolute atomic E-state index is 0.662. The molecule has 0 saturated heterocycles. The lowest BCUT2D eigenvalue weighted by Gasteiger charge is -1.98. The minimum Gasteiger partial charge on any atom is -0.380 e. The minimum atomic E-state index is 0.662. The van der Waals surface area contributed by atoms with Crippen LogP contribution in [0.25, 0.3) is 15.2 Å². The first-order valence-corrected chi connectivity index (χ1v) is 5.95. The van der Waals surface area contributed by atoms with E-state index in [9.17, 15) is 0 Å². The zero-order valence-corrected chi connectivity index (χ0v) is 10.0. The van der Waals surface area contributed by atoms with Crippen LogP contribution in [0.2, 0.25) is 0 Å². The molecule has 4 heteroatoms. The highest BCUT2D eigenvalue weighted by atomic mass is 32.1. The lowest BCUT2D eigenvalue weighted by atomic mass is 10.2. The number of rotatable bonds is 2. The maximum Gasteiger partial charge on any atom is 0.194 e. The lowest BCUT2D eigenvalue weighted by Crippen LogP contribution is -1.86. The molecule has 0 aliphatic heterocycles. The third-order valence-corrected chi connectivity index (χ3v) is 3.61. The van der Waals surface area contributed by atoms with Gasteiger partial charge in [0.15, 0.2) is 4.96 Å². The number of hydrogen-bond donors (Lipinski definition) is 0. The first kappa shape index (κ1) is 9.81. The van der Waals surface area contributed by atoms with Crippen LogP contribution < -0.4 is 0 Å². The summed E-state index contributed by atoms with van der Waals surface area (Å²) < 4.78 is 8.54. The Kier molecular flexibility index (Phi) is 2.19. The molecule has 3 rings (SSSR count). The fourth-order valence-electron chi connectivity index (χ4n) is 1.91. The molecule has 0 bridgehead atoms. The molecular weight excluding hydrogens is 220 g/mol. The number of benzene rings is 1. The molecule has 2 aromatic heterocycles. The van der Waals surface area contributed by atoms with Crippen LogP contribution in [0.15, 0.2) is 24.4 Å². The van der Waals surface area contributed by atoms with E-state index in [2.05, 4.69) is 33.8 Å². The van der Waals surface area contributed by atoms with Crippen LogP contribution in [0.1, 0.15) is 11.3 Å². The summed E-state index contributed by atoms with van der Waals surface area (Å²) in [6.45, 7) is 2.68. The molecular formula is C12H12N2OS. The Bertz CT molecular complexity index is 653. The Morgan fingerprint density at radius 3 is 3.12 bits per heavy atom. The van der Waals surface area contributed by atoms with E-state index < -0.39 is 0 Å². The number of aryl methyl sites for hydroxylation is 1. The third-order valence-electron chi connectivity index (χ3n) is 2.59. The van der Waals surface area contributed by atoms with E-state index in [0.29, 0.717) is 6.61 Å². The van der Waals surface area contributed by atoms with Crippen molar-refractivity contribution in [1.29, 1.82) is 0 Å². The molecule has 0 fully saturated rings. The number of fused-ring (bicyclic) bond motifs is 3. The molecule has 0 aliphatic rings. The van der Waals surface area contributed by atoms with Gasteiger partial charge in [-0.25, -0.2) is 4.98 Å². The Morgan fingerprint density at radius 2 is 2.31 bits per heavy atom.